The number of carbonyl (C=O) groups is 2. The minimum absolute atomic E-state index is 0.0618. The number of amides is 1. The largest absolute Gasteiger partial charge is 0.507 e. The van der Waals surface area contributed by atoms with E-state index >= 15 is 0 Å². The first-order chi connectivity index (χ1) is 17.3. The van der Waals surface area contributed by atoms with Gasteiger partial charge < -0.3 is 19.5 Å². The lowest BCUT2D eigenvalue weighted by Gasteiger charge is -2.25. The van der Waals surface area contributed by atoms with Gasteiger partial charge in [0, 0.05) is 22.5 Å². The SMILES string of the molecule is CCOc1ccc(/C(O)=C2\C(=O)C(=O)N(CCc3ccc(Cl)cc3)C2c2sccc2C)c(OCC)c1. The number of likely N-dealkylation sites (tertiary alicyclic amines) is 1. The highest BCUT2D eigenvalue weighted by Gasteiger charge is 2.47. The van der Waals surface area contributed by atoms with E-state index in [0.29, 0.717) is 48.3 Å². The molecule has 6 nitrogen and oxygen atoms in total. The smallest absolute Gasteiger partial charge is 0.295 e. The third-order valence-electron chi connectivity index (χ3n) is 6.06. The summed E-state index contributed by atoms with van der Waals surface area (Å²) >= 11 is 7.46. The van der Waals surface area contributed by atoms with E-state index in [1.165, 1.54) is 11.3 Å². The fourth-order valence-electron chi connectivity index (χ4n) is 4.32. The van der Waals surface area contributed by atoms with Gasteiger partial charge in [-0.3, -0.25) is 9.59 Å². The van der Waals surface area contributed by atoms with Crippen molar-refractivity contribution in [3.63, 3.8) is 0 Å². The molecule has 1 aromatic heterocycles. The lowest BCUT2D eigenvalue weighted by molar-refractivity contribution is -0.139. The lowest BCUT2D eigenvalue weighted by atomic mass is 9.97. The van der Waals surface area contributed by atoms with Gasteiger partial charge in [0.05, 0.1) is 30.4 Å². The van der Waals surface area contributed by atoms with E-state index in [1.807, 2.05) is 44.4 Å². The number of rotatable bonds is 9. The first kappa shape index (κ1) is 25.8. The van der Waals surface area contributed by atoms with Crippen molar-refractivity contribution in [1.82, 2.24) is 4.90 Å². The predicted octanol–water partition coefficient (Wildman–Crippen LogP) is 6.17. The summed E-state index contributed by atoms with van der Waals surface area (Å²) in [5, 5.41) is 14.0. The summed E-state index contributed by atoms with van der Waals surface area (Å²) in [5.41, 5.74) is 2.35. The van der Waals surface area contributed by atoms with E-state index in [9.17, 15) is 14.7 Å². The monoisotopic (exact) mass is 525 g/mol. The molecule has 0 bridgehead atoms. The molecule has 0 radical (unpaired) electrons. The van der Waals surface area contributed by atoms with Gasteiger partial charge in [-0.05, 0) is 74.0 Å². The Hall–Kier alpha value is -3.29. The summed E-state index contributed by atoms with van der Waals surface area (Å²) in [6.07, 6.45) is 0.540. The molecule has 36 heavy (non-hydrogen) atoms. The Labute approximate surface area is 219 Å². The number of ether oxygens (including phenoxy) is 2. The molecule has 4 rings (SSSR count). The molecule has 0 aliphatic carbocycles. The van der Waals surface area contributed by atoms with Gasteiger partial charge in [0.25, 0.3) is 11.7 Å². The number of halogens is 1. The van der Waals surface area contributed by atoms with Crippen LogP contribution in [-0.4, -0.2) is 41.5 Å². The van der Waals surface area contributed by atoms with Gasteiger partial charge in [-0.15, -0.1) is 11.3 Å². The summed E-state index contributed by atoms with van der Waals surface area (Å²) in [5.74, 6) is -0.627. The number of aliphatic hydroxyl groups is 1. The van der Waals surface area contributed by atoms with E-state index in [2.05, 4.69) is 0 Å². The first-order valence-electron chi connectivity index (χ1n) is 11.8. The molecule has 1 atom stereocenters. The Balaban J connectivity index is 1.79. The molecule has 1 aliphatic heterocycles. The summed E-state index contributed by atoms with van der Waals surface area (Å²) in [7, 11) is 0. The fourth-order valence-corrected chi connectivity index (χ4v) is 5.50. The van der Waals surface area contributed by atoms with Crippen LogP contribution in [0.1, 0.15) is 41.5 Å². The number of nitrogens with zero attached hydrogens (tertiary/aromatic N) is 1. The van der Waals surface area contributed by atoms with Gasteiger partial charge in [0.2, 0.25) is 0 Å². The molecule has 1 unspecified atom stereocenters. The number of hydrogen-bond acceptors (Lipinski definition) is 6. The van der Waals surface area contributed by atoms with Gasteiger partial charge >= 0.3 is 0 Å². The fraction of sp³-hybridized carbons (Fsp3) is 0.286. The van der Waals surface area contributed by atoms with Crippen molar-refractivity contribution in [1.29, 1.82) is 0 Å². The molecule has 0 spiro atoms. The van der Waals surface area contributed by atoms with E-state index in [1.54, 1.807) is 35.2 Å². The van der Waals surface area contributed by atoms with Gasteiger partial charge in [-0.1, -0.05) is 23.7 Å². The number of ketones is 1. The van der Waals surface area contributed by atoms with Gasteiger partial charge in [0.1, 0.15) is 17.3 Å². The third kappa shape index (κ3) is 5.13. The normalized spacial score (nSPS) is 17.0. The van der Waals surface area contributed by atoms with Crippen molar-refractivity contribution in [3.8, 4) is 11.5 Å². The van der Waals surface area contributed by atoms with Crippen LogP contribution in [0.3, 0.4) is 0 Å². The number of thiophene rings is 1. The standard InChI is InChI=1S/C28H28ClNO5S/c1-4-34-20-10-11-21(22(16-20)35-5-2)25(31)23-24(27-17(3)13-15-36-27)30(28(33)26(23)32)14-12-18-6-8-19(29)9-7-18/h6-11,13,15-16,24,31H,4-5,12,14H2,1-3H3/b25-23+. The predicted molar refractivity (Wildman–Crippen MR) is 142 cm³/mol. The van der Waals surface area contributed by atoms with Crippen LogP contribution in [0.4, 0.5) is 0 Å². The zero-order valence-corrected chi connectivity index (χ0v) is 22.0. The van der Waals surface area contributed by atoms with Crippen LogP contribution in [0.5, 0.6) is 11.5 Å². The van der Waals surface area contributed by atoms with Gasteiger partial charge in [0.15, 0.2) is 0 Å². The van der Waals surface area contributed by atoms with Crippen LogP contribution in [0, 0.1) is 6.92 Å². The highest BCUT2D eigenvalue weighted by Crippen LogP contribution is 2.44. The quantitative estimate of drug-likeness (QED) is 0.205. The maximum absolute atomic E-state index is 13.4. The average molecular weight is 526 g/mol. The summed E-state index contributed by atoms with van der Waals surface area (Å²) in [6, 6.07) is 13.7. The van der Waals surface area contributed by atoms with E-state index in [-0.39, 0.29) is 11.3 Å². The molecule has 2 heterocycles. The Morgan fingerprint density at radius 1 is 1.06 bits per heavy atom. The van der Waals surface area contributed by atoms with Crippen LogP contribution in [-0.2, 0) is 16.0 Å². The molecular formula is C28H28ClNO5S. The molecule has 1 amide bonds. The second kappa shape index (κ2) is 11.2. The molecule has 1 N–H and O–H groups in total. The molecule has 8 heteroatoms. The molecule has 1 saturated heterocycles. The molecule has 3 aromatic rings. The van der Waals surface area contributed by atoms with Crippen LogP contribution in [0.25, 0.3) is 5.76 Å². The van der Waals surface area contributed by atoms with Crippen LogP contribution < -0.4 is 9.47 Å². The Kier molecular flexibility index (Phi) is 8.01. The van der Waals surface area contributed by atoms with Crippen molar-refractivity contribution >= 4 is 40.4 Å². The summed E-state index contributed by atoms with van der Waals surface area (Å²) < 4.78 is 11.3. The lowest BCUT2D eigenvalue weighted by Crippen LogP contribution is -2.31. The number of carbonyl (C=O) groups excluding carboxylic acids is 2. The maximum atomic E-state index is 13.4. The first-order valence-corrected chi connectivity index (χ1v) is 13.1. The second-order valence-electron chi connectivity index (χ2n) is 8.36. The van der Waals surface area contributed by atoms with E-state index in [4.69, 9.17) is 21.1 Å². The molecule has 0 saturated carbocycles. The van der Waals surface area contributed by atoms with Crippen molar-refractivity contribution in [2.45, 2.75) is 33.2 Å². The highest BCUT2D eigenvalue weighted by atomic mass is 35.5. The zero-order chi connectivity index (χ0) is 25.8. The topological polar surface area (TPSA) is 76.1 Å². The zero-order valence-electron chi connectivity index (χ0n) is 20.4. The molecule has 2 aromatic carbocycles. The Bertz CT molecular complexity index is 1300. The number of hydrogen-bond donors (Lipinski definition) is 1. The number of aryl methyl sites for hydroxylation is 1. The van der Waals surface area contributed by atoms with Gasteiger partial charge in [-0.2, -0.15) is 0 Å². The van der Waals surface area contributed by atoms with Crippen molar-refractivity contribution < 1.29 is 24.2 Å². The van der Waals surface area contributed by atoms with E-state index < -0.39 is 17.7 Å². The minimum atomic E-state index is -0.710. The van der Waals surface area contributed by atoms with Crippen LogP contribution in [0.2, 0.25) is 5.02 Å². The number of benzene rings is 2. The van der Waals surface area contributed by atoms with Crippen molar-refractivity contribution in [3.05, 3.63) is 86.1 Å². The molecular weight excluding hydrogens is 498 g/mol. The van der Waals surface area contributed by atoms with Crippen molar-refractivity contribution in [2.24, 2.45) is 0 Å². The third-order valence-corrected chi connectivity index (χ3v) is 7.39. The summed E-state index contributed by atoms with van der Waals surface area (Å²) in [6.45, 7) is 6.80. The average Bonchev–Trinajstić information content (AvgIpc) is 3.39. The van der Waals surface area contributed by atoms with Crippen molar-refractivity contribution in [2.75, 3.05) is 19.8 Å². The number of Topliss-reactive ketones (excluding diaryl/α,β-unsaturated/α-hetero) is 1. The van der Waals surface area contributed by atoms with Crippen LogP contribution >= 0.6 is 22.9 Å². The van der Waals surface area contributed by atoms with Crippen LogP contribution in [0.15, 0.2) is 59.5 Å². The molecule has 1 fully saturated rings. The maximum Gasteiger partial charge on any atom is 0.295 e. The molecule has 1 aliphatic rings. The Morgan fingerprint density at radius 3 is 2.42 bits per heavy atom. The molecule has 188 valence electrons. The minimum Gasteiger partial charge on any atom is -0.507 e. The van der Waals surface area contributed by atoms with E-state index in [0.717, 1.165) is 16.0 Å². The van der Waals surface area contributed by atoms with Gasteiger partial charge in [-0.25, -0.2) is 0 Å². The highest BCUT2D eigenvalue weighted by molar-refractivity contribution is 7.10. The summed E-state index contributed by atoms with van der Waals surface area (Å²) in [4.78, 5) is 29.0. The Morgan fingerprint density at radius 2 is 1.78 bits per heavy atom. The second-order valence-corrected chi connectivity index (χ2v) is 9.74. The number of aliphatic hydroxyl groups excluding tert-OH is 1.